The Bertz CT molecular complexity index is 341. The third kappa shape index (κ3) is 2.82. The van der Waals surface area contributed by atoms with Gasteiger partial charge >= 0.3 is 11.8 Å². The van der Waals surface area contributed by atoms with Crippen LogP contribution >= 0.6 is 21.6 Å². The molecule has 0 aromatic carbocycles. The fourth-order valence-electron chi connectivity index (χ4n) is 0.960. The molecule has 0 aliphatic carbocycles. The van der Waals surface area contributed by atoms with Gasteiger partial charge in [0.05, 0.1) is 0 Å². The highest BCUT2D eigenvalue weighted by molar-refractivity contribution is 8.78. The van der Waals surface area contributed by atoms with Crippen LogP contribution in [0.1, 0.15) is 13.8 Å². The van der Waals surface area contributed by atoms with E-state index in [9.17, 15) is 9.59 Å². The van der Waals surface area contributed by atoms with E-state index >= 15 is 0 Å². The van der Waals surface area contributed by atoms with Crippen LogP contribution in [-0.2, 0) is 9.59 Å². The fourth-order valence-corrected chi connectivity index (χ4v) is 2.83. The van der Waals surface area contributed by atoms with Crippen molar-refractivity contribution < 1.29 is 9.59 Å². The number of nitrogens with zero attached hydrogens (tertiary/aromatic N) is 2. The van der Waals surface area contributed by atoms with E-state index in [2.05, 4.69) is 0 Å². The maximum absolute atomic E-state index is 11.8. The minimum Gasteiger partial charge on any atom is -0.311 e. The molecule has 0 aromatic rings. The maximum Gasteiger partial charge on any atom is 0.316 e. The third-order valence-corrected chi connectivity index (χ3v) is 4.24. The van der Waals surface area contributed by atoms with E-state index < -0.39 is 11.8 Å². The van der Waals surface area contributed by atoms with Gasteiger partial charge in [-0.1, -0.05) is 21.6 Å². The molecule has 0 N–H and O–H groups in total. The Hall–Kier alpha value is -0.880. The lowest BCUT2D eigenvalue weighted by molar-refractivity contribution is -0.148. The van der Waals surface area contributed by atoms with Crippen LogP contribution < -0.4 is 0 Å². The quantitative estimate of drug-likeness (QED) is 0.492. The van der Waals surface area contributed by atoms with Gasteiger partial charge in [0, 0.05) is 36.3 Å². The van der Waals surface area contributed by atoms with Gasteiger partial charge in [0.1, 0.15) is 0 Å². The summed E-state index contributed by atoms with van der Waals surface area (Å²) in [6.07, 6.45) is 0. The molecule has 88 valence electrons. The molecular formula is C10H14N2O2S2. The average Bonchev–Trinajstić information content (AvgIpc) is 2.28. The zero-order valence-electron chi connectivity index (χ0n) is 9.68. The van der Waals surface area contributed by atoms with Crippen molar-refractivity contribution in [3.05, 3.63) is 22.2 Å². The topological polar surface area (TPSA) is 40.6 Å². The fraction of sp³-hybridized carbons (Fsp3) is 0.400. The molecule has 1 aliphatic heterocycles. The van der Waals surface area contributed by atoms with Crippen molar-refractivity contribution in [1.29, 1.82) is 0 Å². The molecule has 0 atom stereocenters. The Kier molecular flexibility index (Phi) is 4.49. The average molecular weight is 258 g/mol. The molecule has 1 aliphatic rings. The van der Waals surface area contributed by atoms with Crippen molar-refractivity contribution in [3.8, 4) is 0 Å². The molecular weight excluding hydrogens is 244 g/mol. The largest absolute Gasteiger partial charge is 0.316 e. The molecule has 0 aromatic heterocycles. The summed E-state index contributed by atoms with van der Waals surface area (Å²) in [6.45, 7) is 3.60. The Labute approximate surface area is 103 Å². The molecule has 0 bridgehead atoms. The normalized spacial score (nSPS) is 19.5. The van der Waals surface area contributed by atoms with Crippen LogP contribution in [0.5, 0.6) is 0 Å². The molecule has 1 heterocycles. The first kappa shape index (κ1) is 13.2. The number of hydrogen-bond donors (Lipinski definition) is 0. The molecule has 0 fully saturated rings. The molecule has 16 heavy (non-hydrogen) atoms. The molecule has 1 rings (SSSR count). The summed E-state index contributed by atoms with van der Waals surface area (Å²) in [5.41, 5.74) is 1.52. The highest BCUT2D eigenvalue weighted by atomic mass is 33.1. The Morgan fingerprint density at radius 2 is 1.19 bits per heavy atom. The monoisotopic (exact) mass is 258 g/mol. The number of carbonyl (C=O) groups excluding carboxylic acids is 2. The maximum atomic E-state index is 11.8. The van der Waals surface area contributed by atoms with Gasteiger partial charge in [-0.15, -0.1) is 0 Å². The summed E-state index contributed by atoms with van der Waals surface area (Å²) in [5, 5.41) is 3.70. The van der Waals surface area contributed by atoms with Gasteiger partial charge in [0.2, 0.25) is 0 Å². The van der Waals surface area contributed by atoms with Gasteiger partial charge in [-0.05, 0) is 13.8 Å². The Morgan fingerprint density at radius 1 is 0.875 bits per heavy atom. The van der Waals surface area contributed by atoms with Gasteiger partial charge in [-0.2, -0.15) is 0 Å². The van der Waals surface area contributed by atoms with E-state index in [1.165, 1.54) is 31.4 Å². The summed E-state index contributed by atoms with van der Waals surface area (Å²) in [4.78, 5) is 26.3. The minimum atomic E-state index is -0.517. The predicted octanol–water partition coefficient (Wildman–Crippen LogP) is 2.02. The molecule has 0 saturated carbocycles. The first-order valence-corrected chi connectivity index (χ1v) is 6.94. The molecule has 0 radical (unpaired) electrons. The van der Waals surface area contributed by atoms with Crippen LogP contribution in [0.4, 0.5) is 0 Å². The highest BCUT2D eigenvalue weighted by Gasteiger charge is 2.24. The molecule has 0 saturated heterocycles. The van der Waals surface area contributed by atoms with E-state index in [1.54, 1.807) is 27.9 Å². The first-order valence-electron chi connectivity index (χ1n) is 4.66. The molecule has 0 unspecified atom stereocenters. The highest BCUT2D eigenvalue weighted by Crippen LogP contribution is 2.28. The van der Waals surface area contributed by atoms with Gasteiger partial charge in [0.25, 0.3) is 0 Å². The molecule has 0 spiro atoms. The number of hydrogen-bond acceptors (Lipinski definition) is 4. The van der Waals surface area contributed by atoms with Crippen molar-refractivity contribution in [1.82, 2.24) is 9.80 Å². The van der Waals surface area contributed by atoms with Crippen molar-refractivity contribution in [2.24, 2.45) is 0 Å². The van der Waals surface area contributed by atoms with Crippen LogP contribution in [-0.4, -0.2) is 35.7 Å². The van der Waals surface area contributed by atoms with E-state index in [0.717, 1.165) is 11.4 Å². The lowest BCUT2D eigenvalue weighted by Crippen LogP contribution is -2.40. The predicted molar refractivity (Wildman–Crippen MR) is 68.2 cm³/mol. The van der Waals surface area contributed by atoms with Gasteiger partial charge in [0.15, 0.2) is 0 Å². The van der Waals surface area contributed by atoms with Gasteiger partial charge < -0.3 is 9.80 Å². The molecule has 4 nitrogen and oxygen atoms in total. The van der Waals surface area contributed by atoms with E-state index in [0.29, 0.717) is 0 Å². The number of likely N-dealkylation sites (N-methyl/N-ethyl adjacent to an activating group) is 2. The molecule has 6 heteroatoms. The van der Waals surface area contributed by atoms with Crippen LogP contribution in [0.15, 0.2) is 22.2 Å². The lowest BCUT2D eigenvalue weighted by atomic mass is 10.3. The number of rotatable bonds is 0. The Morgan fingerprint density at radius 3 is 1.50 bits per heavy atom. The number of carbonyl (C=O) groups is 2. The second kappa shape index (κ2) is 5.45. The summed E-state index contributed by atoms with van der Waals surface area (Å²) in [7, 11) is 6.24. The standard InChI is InChI=1S/C10H14N2O2S2/c1-7-5-15-16-6-8(2)12(4)10(14)9(13)11(7)3/h5-6H,1-4H3. The van der Waals surface area contributed by atoms with Gasteiger partial charge in [-0.3, -0.25) is 9.59 Å². The van der Waals surface area contributed by atoms with Crippen LogP contribution in [0, 0.1) is 0 Å². The van der Waals surface area contributed by atoms with Crippen molar-refractivity contribution >= 4 is 33.4 Å². The summed E-state index contributed by atoms with van der Waals surface area (Å²) in [6, 6.07) is 0. The first-order chi connectivity index (χ1) is 7.45. The summed E-state index contributed by atoms with van der Waals surface area (Å²) in [5.74, 6) is -1.03. The van der Waals surface area contributed by atoms with E-state index in [1.807, 2.05) is 10.8 Å². The van der Waals surface area contributed by atoms with E-state index in [-0.39, 0.29) is 0 Å². The van der Waals surface area contributed by atoms with Crippen LogP contribution in [0.2, 0.25) is 0 Å². The molecule has 2 amide bonds. The summed E-state index contributed by atoms with van der Waals surface area (Å²) >= 11 is 0. The number of allylic oxidation sites excluding steroid dienone is 2. The second-order valence-electron chi connectivity index (χ2n) is 3.44. The van der Waals surface area contributed by atoms with Crippen LogP contribution in [0.3, 0.4) is 0 Å². The zero-order valence-corrected chi connectivity index (χ0v) is 11.3. The lowest BCUT2D eigenvalue weighted by Gasteiger charge is -2.23. The third-order valence-electron chi connectivity index (χ3n) is 2.34. The second-order valence-corrected chi connectivity index (χ2v) is 5.45. The summed E-state index contributed by atoms with van der Waals surface area (Å²) < 4.78 is 0. The minimum absolute atomic E-state index is 0.517. The van der Waals surface area contributed by atoms with Gasteiger partial charge in [-0.25, -0.2) is 0 Å². The number of amides is 2. The van der Waals surface area contributed by atoms with Crippen molar-refractivity contribution in [2.75, 3.05) is 14.1 Å². The smallest absolute Gasteiger partial charge is 0.311 e. The zero-order chi connectivity index (χ0) is 12.3. The Balaban J connectivity index is 3.05. The van der Waals surface area contributed by atoms with Crippen LogP contribution in [0.25, 0.3) is 0 Å². The SMILES string of the molecule is CC1=CSSC=C(C)N(C)C(=O)C(=O)N1C. The van der Waals surface area contributed by atoms with E-state index in [4.69, 9.17) is 0 Å². The van der Waals surface area contributed by atoms with Crippen molar-refractivity contribution in [3.63, 3.8) is 0 Å². The van der Waals surface area contributed by atoms with Crippen molar-refractivity contribution in [2.45, 2.75) is 13.8 Å².